The first-order valence-electron chi connectivity index (χ1n) is 10.3. The van der Waals surface area contributed by atoms with Gasteiger partial charge in [-0.1, -0.05) is 0 Å². The molecule has 0 saturated heterocycles. The van der Waals surface area contributed by atoms with Gasteiger partial charge in [0.15, 0.2) is 5.96 Å². The molecule has 0 aromatic heterocycles. The fraction of sp³-hybridized carbons (Fsp3) is 0.667. The number of rotatable bonds is 16. The quantitative estimate of drug-likeness (QED) is 0.0552. The van der Waals surface area contributed by atoms with E-state index in [4.69, 9.17) is 33.1 Å². The van der Waals surface area contributed by atoms with Gasteiger partial charge >= 0.3 is 5.97 Å². The summed E-state index contributed by atoms with van der Waals surface area (Å²) in [5.74, 6) is -5.24. The molecule has 16 heteroatoms. The lowest BCUT2D eigenvalue weighted by Crippen LogP contribution is -2.60. The van der Waals surface area contributed by atoms with Gasteiger partial charge in [0.2, 0.25) is 23.6 Å². The monoisotopic (exact) mass is 490 g/mol. The van der Waals surface area contributed by atoms with Gasteiger partial charge in [0.25, 0.3) is 0 Å². The van der Waals surface area contributed by atoms with E-state index in [1.54, 1.807) is 0 Å². The van der Waals surface area contributed by atoms with Gasteiger partial charge in [0, 0.05) is 13.0 Å². The summed E-state index contributed by atoms with van der Waals surface area (Å²) in [5.41, 5.74) is 21.2. The standard InChI is InChI=1S/C18H34N8O8/c1-8(28)13(26-14(30)9(19)3-2-6-23-18(21)22)16(32)24-10(4-5-12(20)29)15(31)25-11(7-27)17(33)34/h8-11,13,27-28H,2-7,19H2,1H3,(H2,20,29)(H,24,32)(H,25,31)(H,26,30)(H,33,34)(H4,21,22,23). The van der Waals surface area contributed by atoms with Crippen molar-refractivity contribution in [1.29, 1.82) is 0 Å². The van der Waals surface area contributed by atoms with Crippen molar-refractivity contribution in [1.82, 2.24) is 16.0 Å². The number of guanidine groups is 1. The molecule has 0 aliphatic rings. The van der Waals surface area contributed by atoms with Gasteiger partial charge in [-0.05, 0) is 26.2 Å². The maximum atomic E-state index is 12.7. The van der Waals surface area contributed by atoms with Crippen molar-refractivity contribution in [2.75, 3.05) is 13.2 Å². The third kappa shape index (κ3) is 11.9. The number of nitrogens with one attached hydrogen (secondary N) is 3. The molecule has 5 unspecified atom stereocenters. The number of carboxylic acids is 1. The van der Waals surface area contributed by atoms with E-state index < -0.39 is 66.5 Å². The van der Waals surface area contributed by atoms with E-state index in [0.29, 0.717) is 6.42 Å². The van der Waals surface area contributed by atoms with Crippen molar-refractivity contribution in [3.05, 3.63) is 0 Å². The number of nitrogens with two attached hydrogens (primary N) is 4. The number of aliphatic hydroxyl groups is 2. The molecule has 0 heterocycles. The second-order valence-electron chi connectivity index (χ2n) is 7.43. The van der Waals surface area contributed by atoms with Gasteiger partial charge in [-0.3, -0.25) is 24.2 Å². The summed E-state index contributed by atoms with van der Waals surface area (Å²) in [6.07, 6.45) is -1.54. The Labute approximate surface area is 195 Å². The lowest BCUT2D eigenvalue weighted by molar-refractivity contribution is -0.143. The van der Waals surface area contributed by atoms with E-state index in [0.717, 1.165) is 0 Å². The average molecular weight is 491 g/mol. The summed E-state index contributed by atoms with van der Waals surface area (Å²) >= 11 is 0. The summed E-state index contributed by atoms with van der Waals surface area (Å²) in [6.45, 7) is 0.510. The molecular weight excluding hydrogens is 456 g/mol. The Morgan fingerprint density at radius 2 is 1.50 bits per heavy atom. The second kappa shape index (κ2) is 15.4. The number of aliphatic hydroxyl groups excluding tert-OH is 2. The summed E-state index contributed by atoms with van der Waals surface area (Å²) in [5, 5.41) is 34.5. The second-order valence-corrected chi connectivity index (χ2v) is 7.43. The molecule has 0 aromatic carbocycles. The molecule has 14 N–H and O–H groups in total. The minimum absolute atomic E-state index is 0.118. The SMILES string of the molecule is CC(O)C(NC(=O)C(N)CCCN=C(N)N)C(=O)NC(CCC(N)=O)C(=O)NC(CO)C(=O)O. The fourth-order valence-corrected chi connectivity index (χ4v) is 2.59. The maximum absolute atomic E-state index is 12.7. The van der Waals surface area contributed by atoms with E-state index in [1.807, 2.05) is 5.32 Å². The molecule has 0 fully saturated rings. The lowest BCUT2D eigenvalue weighted by Gasteiger charge is -2.26. The number of aliphatic carboxylic acids is 1. The summed E-state index contributed by atoms with van der Waals surface area (Å²) in [7, 11) is 0. The van der Waals surface area contributed by atoms with E-state index in [-0.39, 0.29) is 31.8 Å². The van der Waals surface area contributed by atoms with E-state index in [2.05, 4.69) is 15.6 Å². The Hall–Kier alpha value is -3.50. The van der Waals surface area contributed by atoms with Crippen molar-refractivity contribution < 1.29 is 39.3 Å². The highest BCUT2D eigenvalue weighted by molar-refractivity contribution is 5.94. The number of carbonyl (C=O) groups is 5. The molecule has 0 radical (unpaired) electrons. The molecule has 0 rings (SSSR count). The van der Waals surface area contributed by atoms with Gasteiger partial charge in [-0.2, -0.15) is 0 Å². The molecule has 16 nitrogen and oxygen atoms in total. The molecule has 0 aliphatic heterocycles. The Bertz CT molecular complexity index is 756. The largest absolute Gasteiger partial charge is 0.480 e. The molecule has 0 aromatic rings. The van der Waals surface area contributed by atoms with Crippen molar-refractivity contribution >= 4 is 35.6 Å². The van der Waals surface area contributed by atoms with E-state index in [1.165, 1.54) is 6.92 Å². The van der Waals surface area contributed by atoms with Crippen molar-refractivity contribution in [3.63, 3.8) is 0 Å². The molecule has 0 saturated carbocycles. The van der Waals surface area contributed by atoms with Crippen LogP contribution in [-0.2, 0) is 24.0 Å². The third-order valence-corrected chi connectivity index (χ3v) is 4.48. The van der Waals surface area contributed by atoms with E-state index in [9.17, 15) is 29.1 Å². The summed E-state index contributed by atoms with van der Waals surface area (Å²) in [4.78, 5) is 63.4. The van der Waals surface area contributed by atoms with Crippen LogP contribution in [0.15, 0.2) is 4.99 Å². The fourth-order valence-electron chi connectivity index (χ4n) is 2.59. The highest BCUT2D eigenvalue weighted by Crippen LogP contribution is 2.03. The van der Waals surface area contributed by atoms with Gasteiger partial charge < -0.3 is 54.2 Å². The third-order valence-electron chi connectivity index (χ3n) is 4.48. The Morgan fingerprint density at radius 3 is 1.97 bits per heavy atom. The molecule has 4 amide bonds. The molecule has 0 aliphatic carbocycles. The molecule has 34 heavy (non-hydrogen) atoms. The van der Waals surface area contributed by atoms with Crippen molar-refractivity contribution in [3.8, 4) is 0 Å². The van der Waals surface area contributed by atoms with Crippen LogP contribution in [0.25, 0.3) is 0 Å². The maximum Gasteiger partial charge on any atom is 0.328 e. The van der Waals surface area contributed by atoms with Gasteiger partial charge in [0.1, 0.15) is 18.1 Å². The van der Waals surface area contributed by atoms with Gasteiger partial charge in [-0.25, -0.2) is 4.79 Å². The Balaban J connectivity index is 5.28. The lowest BCUT2D eigenvalue weighted by atomic mass is 10.1. The van der Waals surface area contributed by atoms with Gasteiger partial charge in [0.05, 0.1) is 18.8 Å². The van der Waals surface area contributed by atoms with Crippen LogP contribution in [0.3, 0.4) is 0 Å². The number of carboxylic acid groups (broad SMARTS) is 1. The minimum atomic E-state index is -1.66. The highest BCUT2D eigenvalue weighted by atomic mass is 16.4. The van der Waals surface area contributed by atoms with E-state index >= 15 is 0 Å². The predicted molar refractivity (Wildman–Crippen MR) is 119 cm³/mol. The smallest absolute Gasteiger partial charge is 0.328 e. The van der Waals surface area contributed by atoms with Crippen LogP contribution in [-0.4, -0.2) is 94.3 Å². The zero-order valence-electron chi connectivity index (χ0n) is 18.8. The van der Waals surface area contributed by atoms with Crippen LogP contribution < -0.4 is 38.9 Å². The topological polar surface area (TPSA) is 299 Å². The van der Waals surface area contributed by atoms with Crippen LogP contribution in [0.2, 0.25) is 0 Å². The molecule has 0 bridgehead atoms. The molecular formula is C18H34N8O8. The van der Waals surface area contributed by atoms with Crippen LogP contribution >= 0.6 is 0 Å². The molecule has 5 atom stereocenters. The number of aliphatic imine (C=N–C) groups is 1. The first-order valence-corrected chi connectivity index (χ1v) is 10.3. The number of hydrogen-bond acceptors (Lipinski definition) is 9. The number of amides is 4. The summed E-state index contributed by atoms with van der Waals surface area (Å²) in [6, 6.07) is -5.71. The zero-order valence-corrected chi connectivity index (χ0v) is 18.8. The molecule has 0 spiro atoms. The van der Waals surface area contributed by atoms with Crippen LogP contribution in [0, 0.1) is 0 Å². The first-order chi connectivity index (χ1) is 15.8. The zero-order chi connectivity index (χ0) is 26.4. The molecule has 194 valence electrons. The van der Waals surface area contributed by atoms with Crippen LogP contribution in [0.4, 0.5) is 0 Å². The summed E-state index contributed by atoms with van der Waals surface area (Å²) < 4.78 is 0. The Morgan fingerprint density at radius 1 is 0.912 bits per heavy atom. The van der Waals surface area contributed by atoms with Gasteiger partial charge in [-0.15, -0.1) is 0 Å². The van der Waals surface area contributed by atoms with Crippen LogP contribution in [0.1, 0.15) is 32.6 Å². The minimum Gasteiger partial charge on any atom is -0.480 e. The highest BCUT2D eigenvalue weighted by Gasteiger charge is 2.32. The normalized spacial score (nSPS) is 15.1. The number of hydrogen-bond donors (Lipinski definition) is 10. The number of primary amides is 1. The Kier molecular flexibility index (Phi) is 13.8. The van der Waals surface area contributed by atoms with Crippen molar-refractivity contribution in [2.24, 2.45) is 27.9 Å². The number of carbonyl (C=O) groups excluding carboxylic acids is 4. The average Bonchev–Trinajstić information content (AvgIpc) is 2.74. The first kappa shape index (κ1) is 30.5. The predicted octanol–water partition coefficient (Wildman–Crippen LogP) is -5.46. The van der Waals surface area contributed by atoms with Crippen LogP contribution in [0.5, 0.6) is 0 Å². The van der Waals surface area contributed by atoms with Crippen molar-refractivity contribution in [2.45, 2.75) is 62.9 Å². The number of nitrogens with zero attached hydrogens (tertiary/aromatic N) is 1.